The molecule has 0 aliphatic carbocycles. The average Bonchev–Trinajstić information content (AvgIpc) is 2.81. The quantitative estimate of drug-likeness (QED) is 0.711. The van der Waals surface area contributed by atoms with Gasteiger partial charge in [-0.3, -0.25) is 4.79 Å². The number of carbonyl (C=O) groups is 2. The van der Waals surface area contributed by atoms with Crippen molar-refractivity contribution in [2.24, 2.45) is 5.92 Å². The minimum absolute atomic E-state index is 0.00609. The molecule has 0 unspecified atom stereocenters. The smallest absolute Gasteiger partial charge is 0.317 e. The Labute approximate surface area is 185 Å². The fourth-order valence-corrected chi connectivity index (χ4v) is 4.08. The second kappa shape index (κ2) is 10.3. The zero-order chi connectivity index (χ0) is 22.3. The molecule has 2 N–H and O–H groups in total. The molecule has 0 spiro atoms. The Balaban J connectivity index is 1.71. The highest BCUT2D eigenvalue weighted by atomic mass is 16.5. The van der Waals surface area contributed by atoms with Gasteiger partial charge in [0.1, 0.15) is 5.75 Å². The number of urea groups is 1. The summed E-state index contributed by atoms with van der Waals surface area (Å²) in [4.78, 5) is 27.3. The minimum Gasteiger partial charge on any atom is -0.496 e. The first-order chi connectivity index (χ1) is 14.9. The standard InChI is InChI=1S/C25H33N3O3/c1-19(2)17-26-24(30)28-15-13-25(14-16-28,20-9-5-4-6-10-20)18-27-23(29)21-11-7-8-12-22(21)31-3/h4-12,19H,13-18H2,1-3H3,(H,26,30)(H,27,29). The Morgan fingerprint density at radius 2 is 1.65 bits per heavy atom. The molecule has 0 saturated carbocycles. The minimum atomic E-state index is -0.215. The van der Waals surface area contributed by atoms with Crippen LogP contribution in [0.3, 0.4) is 0 Å². The van der Waals surface area contributed by atoms with Gasteiger partial charge in [0.25, 0.3) is 5.91 Å². The van der Waals surface area contributed by atoms with Crippen LogP contribution in [-0.2, 0) is 5.41 Å². The van der Waals surface area contributed by atoms with E-state index in [0.717, 1.165) is 12.8 Å². The second-order valence-corrected chi connectivity index (χ2v) is 8.60. The van der Waals surface area contributed by atoms with Crippen LogP contribution in [0.4, 0.5) is 4.79 Å². The maximum absolute atomic E-state index is 12.9. The first kappa shape index (κ1) is 22.7. The fourth-order valence-electron chi connectivity index (χ4n) is 4.08. The maximum atomic E-state index is 12.9. The molecule has 31 heavy (non-hydrogen) atoms. The van der Waals surface area contributed by atoms with Crippen molar-refractivity contribution in [1.82, 2.24) is 15.5 Å². The SMILES string of the molecule is COc1ccccc1C(=O)NCC1(c2ccccc2)CCN(C(=O)NCC(C)C)CC1. The Bertz CT molecular complexity index is 875. The summed E-state index contributed by atoms with van der Waals surface area (Å²) in [5.74, 6) is 0.831. The van der Waals surface area contributed by atoms with Crippen molar-refractivity contribution < 1.29 is 14.3 Å². The van der Waals surface area contributed by atoms with E-state index >= 15 is 0 Å². The van der Waals surface area contributed by atoms with Crippen molar-refractivity contribution in [3.8, 4) is 5.75 Å². The van der Waals surface area contributed by atoms with Crippen molar-refractivity contribution in [2.45, 2.75) is 32.1 Å². The van der Waals surface area contributed by atoms with Crippen LogP contribution in [0.5, 0.6) is 5.75 Å². The lowest BCUT2D eigenvalue weighted by Crippen LogP contribution is -2.52. The fraction of sp³-hybridized carbons (Fsp3) is 0.440. The molecular weight excluding hydrogens is 390 g/mol. The van der Waals surface area contributed by atoms with Crippen LogP contribution in [-0.4, -0.2) is 50.1 Å². The number of rotatable bonds is 7. The van der Waals surface area contributed by atoms with Gasteiger partial charge in [-0.05, 0) is 36.5 Å². The largest absolute Gasteiger partial charge is 0.496 e. The number of nitrogens with one attached hydrogen (secondary N) is 2. The summed E-state index contributed by atoms with van der Waals surface area (Å²) in [5, 5.41) is 6.14. The Kier molecular flexibility index (Phi) is 7.55. The number of carbonyl (C=O) groups excluding carboxylic acids is 2. The molecule has 3 amide bonds. The molecule has 166 valence electrons. The predicted molar refractivity (Wildman–Crippen MR) is 122 cm³/mol. The monoisotopic (exact) mass is 423 g/mol. The summed E-state index contributed by atoms with van der Waals surface area (Å²) in [5.41, 5.74) is 1.50. The van der Waals surface area contributed by atoms with E-state index in [2.05, 4.69) is 36.6 Å². The van der Waals surface area contributed by atoms with E-state index in [9.17, 15) is 9.59 Å². The molecule has 1 aliphatic heterocycles. The molecule has 0 bridgehead atoms. The Hall–Kier alpha value is -3.02. The Morgan fingerprint density at radius 1 is 1.00 bits per heavy atom. The summed E-state index contributed by atoms with van der Waals surface area (Å²) in [6, 6.07) is 17.5. The van der Waals surface area contributed by atoms with Crippen LogP contribution in [0, 0.1) is 5.92 Å². The summed E-state index contributed by atoms with van der Waals surface area (Å²) in [6.07, 6.45) is 1.58. The van der Waals surface area contributed by atoms with Crippen molar-refractivity contribution in [2.75, 3.05) is 33.3 Å². The van der Waals surface area contributed by atoms with E-state index in [1.165, 1.54) is 5.56 Å². The van der Waals surface area contributed by atoms with E-state index in [1.807, 2.05) is 35.2 Å². The van der Waals surface area contributed by atoms with Crippen molar-refractivity contribution in [3.05, 3.63) is 65.7 Å². The van der Waals surface area contributed by atoms with E-state index < -0.39 is 0 Å². The molecule has 0 radical (unpaired) electrons. The van der Waals surface area contributed by atoms with Gasteiger partial charge in [0, 0.05) is 31.6 Å². The molecule has 2 aromatic carbocycles. The molecule has 6 heteroatoms. The normalized spacial score (nSPS) is 15.4. The van der Waals surface area contributed by atoms with Gasteiger partial charge in [-0.15, -0.1) is 0 Å². The van der Waals surface area contributed by atoms with Crippen molar-refractivity contribution >= 4 is 11.9 Å². The summed E-state index contributed by atoms with van der Waals surface area (Å²) in [6.45, 7) is 6.67. The molecule has 1 heterocycles. The number of amides is 3. The van der Waals surface area contributed by atoms with Crippen LogP contribution >= 0.6 is 0 Å². The van der Waals surface area contributed by atoms with Gasteiger partial charge >= 0.3 is 6.03 Å². The summed E-state index contributed by atoms with van der Waals surface area (Å²) >= 11 is 0. The first-order valence-corrected chi connectivity index (χ1v) is 10.9. The lowest BCUT2D eigenvalue weighted by Gasteiger charge is -2.42. The van der Waals surface area contributed by atoms with E-state index in [0.29, 0.717) is 43.4 Å². The molecule has 3 rings (SSSR count). The number of piperidine rings is 1. The molecular formula is C25H33N3O3. The predicted octanol–water partition coefficient (Wildman–Crippen LogP) is 3.82. The van der Waals surface area contributed by atoms with Crippen LogP contribution in [0.2, 0.25) is 0 Å². The van der Waals surface area contributed by atoms with Crippen molar-refractivity contribution in [3.63, 3.8) is 0 Å². The van der Waals surface area contributed by atoms with Gasteiger partial charge in [0.05, 0.1) is 12.7 Å². The number of hydrogen-bond acceptors (Lipinski definition) is 3. The van der Waals surface area contributed by atoms with E-state index in [4.69, 9.17) is 4.74 Å². The third-order valence-electron chi connectivity index (χ3n) is 5.99. The lowest BCUT2D eigenvalue weighted by molar-refractivity contribution is 0.0923. The number of para-hydroxylation sites is 1. The number of likely N-dealkylation sites (tertiary alicyclic amines) is 1. The average molecular weight is 424 g/mol. The number of methoxy groups -OCH3 is 1. The third kappa shape index (κ3) is 5.57. The molecule has 0 atom stereocenters. The zero-order valence-corrected chi connectivity index (χ0v) is 18.7. The van der Waals surface area contributed by atoms with Gasteiger partial charge in [-0.1, -0.05) is 56.3 Å². The molecule has 6 nitrogen and oxygen atoms in total. The molecule has 1 fully saturated rings. The third-order valence-corrected chi connectivity index (χ3v) is 5.99. The zero-order valence-electron chi connectivity index (χ0n) is 18.7. The van der Waals surface area contributed by atoms with Crippen LogP contribution in [0.15, 0.2) is 54.6 Å². The first-order valence-electron chi connectivity index (χ1n) is 10.9. The highest BCUT2D eigenvalue weighted by Crippen LogP contribution is 2.35. The molecule has 1 aliphatic rings. The topological polar surface area (TPSA) is 70.7 Å². The number of benzene rings is 2. The maximum Gasteiger partial charge on any atom is 0.317 e. The van der Waals surface area contributed by atoms with E-state index in [1.54, 1.807) is 19.2 Å². The molecule has 1 saturated heterocycles. The van der Waals surface area contributed by atoms with Gasteiger partial charge in [-0.2, -0.15) is 0 Å². The summed E-state index contributed by atoms with van der Waals surface area (Å²) < 4.78 is 5.34. The summed E-state index contributed by atoms with van der Waals surface area (Å²) in [7, 11) is 1.57. The van der Waals surface area contributed by atoms with Crippen molar-refractivity contribution in [1.29, 1.82) is 0 Å². The highest BCUT2D eigenvalue weighted by Gasteiger charge is 2.38. The molecule has 2 aromatic rings. The number of ether oxygens (including phenoxy) is 1. The van der Waals surface area contributed by atoms with Crippen LogP contribution in [0.25, 0.3) is 0 Å². The number of hydrogen-bond donors (Lipinski definition) is 2. The van der Waals surface area contributed by atoms with Gasteiger partial charge < -0.3 is 20.3 Å². The van der Waals surface area contributed by atoms with Gasteiger partial charge in [0.15, 0.2) is 0 Å². The highest BCUT2D eigenvalue weighted by molar-refractivity contribution is 5.97. The van der Waals surface area contributed by atoms with Crippen LogP contribution in [0.1, 0.15) is 42.6 Å². The second-order valence-electron chi connectivity index (χ2n) is 8.60. The molecule has 0 aromatic heterocycles. The van der Waals surface area contributed by atoms with Gasteiger partial charge in [0.2, 0.25) is 0 Å². The number of nitrogens with zero attached hydrogens (tertiary/aromatic N) is 1. The van der Waals surface area contributed by atoms with E-state index in [-0.39, 0.29) is 17.4 Å². The van der Waals surface area contributed by atoms with Gasteiger partial charge in [-0.25, -0.2) is 4.79 Å². The van der Waals surface area contributed by atoms with Crippen LogP contribution < -0.4 is 15.4 Å². The lowest BCUT2D eigenvalue weighted by atomic mass is 9.72. The Morgan fingerprint density at radius 3 is 2.29 bits per heavy atom.